The summed E-state index contributed by atoms with van der Waals surface area (Å²) in [5.41, 5.74) is 0.308. The van der Waals surface area contributed by atoms with Crippen molar-refractivity contribution < 1.29 is 14.2 Å². The molecule has 1 aromatic heterocycles. The highest BCUT2D eigenvalue weighted by molar-refractivity contribution is 5.68. The lowest BCUT2D eigenvalue weighted by Gasteiger charge is -2.08. The van der Waals surface area contributed by atoms with Crippen LogP contribution in [-0.2, 0) is 6.42 Å². The maximum atomic E-state index is 11.1. The van der Waals surface area contributed by atoms with Gasteiger partial charge in [0.1, 0.15) is 5.69 Å². The van der Waals surface area contributed by atoms with Gasteiger partial charge in [-0.05, 0) is 19.1 Å². The van der Waals surface area contributed by atoms with Crippen molar-refractivity contribution in [1.82, 2.24) is 10.1 Å². The first-order valence-corrected chi connectivity index (χ1v) is 5.96. The highest BCUT2D eigenvalue weighted by Crippen LogP contribution is 2.34. The van der Waals surface area contributed by atoms with Crippen LogP contribution in [0.2, 0.25) is 0 Å². The lowest BCUT2D eigenvalue weighted by Crippen LogP contribution is -2.07. The number of para-hydroxylation sites is 1. The Hall–Kier alpha value is -2.64. The number of methoxy groups -OCH3 is 1. The smallest absolute Gasteiger partial charge is 0.333 e. The number of hydrogen-bond donors (Lipinski definition) is 1. The Morgan fingerprint density at radius 2 is 2.30 bits per heavy atom. The molecule has 8 heteroatoms. The maximum Gasteiger partial charge on any atom is 0.333 e. The quantitative estimate of drug-likeness (QED) is 0.636. The van der Waals surface area contributed by atoms with Crippen LogP contribution in [0.3, 0.4) is 0 Å². The average Bonchev–Trinajstić information content (AvgIpc) is 2.83. The fourth-order valence-corrected chi connectivity index (χ4v) is 1.76. The van der Waals surface area contributed by atoms with Crippen LogP contribution in [0.25, 0.3) is 0 Å². The highest BCUT2D eigenvalue weighted by Gasteiger charge is 2.20. The van der Waals surface area contributed by atoms with E-state index < -0.39 is 4.92 Å². The SMILES string of the molecule is COc1cccc(NCCc2nc(C)no2)c1[N+](=O)[O-]. The van der Waals surface area contributed by atoms with Crippen LogP contribution < -0.4 is 10.1 Å². The van der Waals surface area contributed by atoms with Crippen molar-refractivity contribution in [3.63, 3.8) is 0 Å². The van der Waals surface area contributed by atoms with Gasteiger partial charge in [0.25, 0.3) is 0 Å². The zero-order valence-electron chi connectivity index (χ0n) is 11.1. The van der Waals surface area contributed by atoms with Crippen molar-refractivity contribution >= 4 is 11.4 Å². The summed E-state index contributed by atoms with van der Waals surface area (Å²) in [7, 11) is 1.40. The van der Waals surface area contributed by atoms with E-state index in [2.05, 4.69) is 15.5 Å². The molecule has 0 aliphatic carbocycles. The van der Waals surface area contributed by atoms with Crippen LogP contribution in [0.1, 0.15) is 11.7 Å². The molecule has 8 nitrogen and oxygen atoms in total. The van der Waals surface area contributed by atoms with Crippen molar-refractivity contribution in [3.8, 4) is 5.75 Å². The Morgan fingerprint density at radius 3 is 2.90 bits per heavy atom. The van der Waals surface area contributed by atoms with Crippen LogP contribution in [0.15, 0.2) is 22.7 Å². The molecule has 0 fully saturated rings. The summed E-state index contributed by atoms with van der Waals surface area (Å²) in [6.45, 7) is 2.17. The van der Waals surface area contributed by atoms with E-state index in [0.717, 1.165) is 0 Å². The number of benzene rings is 1. The van der Waals surface area contributed by atoms with Crippen molar-refractivity contribution in [3.05, 3.63) is 40.0 Å². The van der Waals surface area contributed by atoms with Crippen LogP contribution in [0, 0.1) is 17.0 Å². The van der Waals surface area contributed by atoms with E-state index in [1.54, 1.807) is 25.1 Å². The number of aryl methyl sites for hydroxylation is 1. The predicted octanol–water partition coefficient (Wildman–Crippen LogP) is 1.95. The molecule has 0 saturated carbocycles. The summed E-state index contributed by atoms with van der Waals surface area (Å²) < 4.78 is 9.96. The molecule has 0 unspecified atom stereocenters. The van der Waals surface area contributed by atoms with Gasteiger partial charge in [-0.2, -0.15) is 4.98 Å². The number of nitrogens with zero attached hydrogens (tertiary/aromatic N) is 3. The number of anilines is 1. The molecule has 1 aromatic carbocycles. The second kappa shape index (κ2) is 6.00. The molecule has 0 amide bonds. The Bertz CT molecular complexity index is 611. The molecule has 106 valence electrons. The third-order valence-electron chi connectivity index (χ3n) is 2.63. The van der Waals surface area contributed by atoms with Gasteiger partial charge in [-0.3, -0.25) is 10.1 Å². The van der Waals surface area contributed by atoms with E-state index in [4.69, 9.17) is 9.26 Å². The molecule has 0 spiro atoms. The maximum absolute atomic E-state index is 11.1. The van der Waals surface area contributed by atoms with Crippen molar-refractivity contribution in [2.45, 2.75) is 13.3 Å². The number of rotatable bonds is 6. The Kier molecular flexibility index (Phi) is 4.14. The number of hydrogen-bond acceptors (Lipinski definition) is 7. The van der Waals surface area contributed by atoms with Gasteiger partial charge in [-0.15, -0.1) is 0 Å². The Morgan fingerprint density at radius 1 is 1.50 bits per heavy atom. The first-order chi connectivity index (χ1) is 9.61. The zero-order valence-corrected chi connectivity index (χ0v) is 11.1. The molecular formula is C12H14N4O4. The zero-order chi connectivity index (χ0) is 14.5. The average molecular weight is 278 g/mol. The molecule has 0 atom stereocenters. The van der Waals surface area contributed by atoms with Gasteiger partial charge in [0.15, 0.2) is 11.6 Å². The lowest BCUT2D eigenvalue weighted by molar-refractivity contribution is -0.384. The van der Waals surface area contributed by atoms with Crippen molar-refractivity contribution in [2.24, 2.45) is 0 Å². The summed E-state index contributed by atoms with van der Waals surface area (Å²) in [6, 6.07) is 4.86. The minimum atomic E-state index is -0.474. The molecule has 0 aliphatic rings. The summed E-state index contributed by atoms with van der Waals surface area (Å²) >= 11 is 0. The Labute approximate surface area is 114 Å². The predicted molar refractivity (Wildman–Crippen MR) is 70.9 cm³/mol. The van der Waals surface area contributed by atoms with E-state index in [0.29, 0.717) is 30.4 Å². The second-order valence-electron chi connectivity index (χ2n) is 4.03. The molecule has 2 rings (SSSR count). The first-order valence-electron chi connectivity index (χ1n) is 5.96. The molecule has 1 heterocycles. The highest BCUT2D eigenvalue weighted by atomic mass is 16.6. The normalized spacial score (nSPS) is 10.3. The number of nitrogens with one attached hydrogen (secondary N) is 1. The molecule has 2 aromatic rings. The van der Waals surface area contributed by atoms with E-state index in [1.165, 1.54) is 7.11 Å². The molecule has 0 saturated heterocycles. The van der Waals surface area contributed by atoms with E-state index >= 15 is 0 Å². The van der Waals surface area contributed by atoms with Gasteiger partial charge in [0, 0.05) is 13.0 Å². The molecule has 0 aliphatic heterocycles. The summed E-state index contributed by atoms with van der Waals surface area (Å²) in [5, 5.41) is 17.7. The van der Waals surface area contributed by atoms with Crippen molar-refractivity contribution in [1.29, 1.82) is 0 Å². The fourth-order valence-electron chi connectivity index (χ4n) is 1.76. The monoisotopic (exact) mass is 278 g/mol. The Balaban J connectivity index is 2.07. The van der Waals surface area contributed by atoms with Crippen LogP contribution in [0.4, 0.5) is 11.4 Å². The van der Waals surface area contributed by atoms with Gasteiger partial charge in [-0.25, -0.2) is 0 Å². The number of aromatic nitrogens is 2. The summed E-state index contributed by atoms with van der Waals surface area (Å²) in [5.74, 6) is 1.27. The van der Waals surface area contributed by atoms with Crippen LogP contribution in [0.5, 0.6) is 5.75 Å². The van der Waals surface area contributed by atoms with E-state index in [1.807, 2.05) is 0 Å². The van der Waals surface area contributed by atoms with E-state index in [9.17, 15) is 10.1 Å². The standard InChI is InChI=1S/C12H14N4O4/c1-8-14-11(20-15-8)6-7-13-9-4-3-5-10(19-2)12(9)16(17)18/h3-5,13H,6-7H2,1-2H3. The summed E-state index contributed by atoms with van der Waals surface area (Å²) in [6.07, 6.45) is 0.481. The molecule has 20 heavy (non-hydrogen) atoms. The fraction of sp³-hybridized carbons (Fsp3) is 0.333. The van der Waals surface area contributed by atoms with Gasteiger partial charge in [0.2, 0.25) is 5.89 Å². The topological polar surface area (TPSA) is 103 Å². The number of nitro benzene ring substituents is 1. The van der Waals surface area contributed by atoms with Gasteiger partial charge in [0.05, 0.1) is 12.0 Å². The van der Waals surface area contributed by atoms with Gasteiger partial charge in [-0.1, -0.05) is 11.2 Å². The molecule has 1 N–H and O–H groups in total. The molecular weight excluding hydrogens is 264 g/mol. The van der Waals surface area contributed by atoms with Crippen molar-refractivity contribution in [2.75, 3.05) is 19.0 Å². The number of nitro groups is 1. The molecule has 0 bridgehead atoms. The minimum absolute atomic E-state index is 0.0864. The third-order valence-corrected chi connectivity index (χ3v) is 2.63. The summed E-state index contributed by atoms with van der Waals surface area (Å²) in [4.78, 5) is 14.7. The van der Waals surface area contributed by atoms with Gasteiger partial charge < -0.3 is 14.6 Å². The van der Waals surface area contributed by atoms with E-state index in [-0.39, 0.29) is 11.4 Å². The van der Waals surface area contributed by atoms with Gasteiger partial charge >= 0.3 is 5.69 Å². The second-order valence-corrected chi connectivity index (χ2v) is 4.03. The molecule has 0 radical (unpaired) electrons. The minimum Gasteiger partial charge on any atom is -0.490 e. The van der Waals surface area contributed by atoms with Crippen LogP contribution in [-0.4, -0.2) is 28.7 Å². The number of ether oxygens (including phenoxy) is 1. The largest absolute Gasteiger partial charge is 0.490 e. The third kappa shape index (κ3) is 3.02. The first kappa shape index (κ1) is 13.8. The lowest BCUT2D eigenvalue weighted by atomic mass is 10.2. The van der Waals surface area contributed by atoms with Crippen LogP contribution >= 0.6 is 0 Å².